The number of nitrogens with one attached hydrogen (secondary N) is 1. The lowest BCUT2D eigenvalue weighted by Crippen LogP contribution is -2.17. The molecule has 1 aromatic heterocycles. The first kappa shape index (κ1) is 13.2. The zero-order valence-electron chi connectivity index (χ0n) is 10.1. The lowest BCUT2D eigenvalue weighted by atomic mass is 10.2. The van der Waals surface area contributed by atoms with E-state index < -0.39 is 0 Å². The highest BCUT2D eigenvalue weighted by atomic mass is 79.9. The van der Waals surface area contributed by atoms with Crippen LogP contribution >= 0.6 is 15.9 Å². The summed E-state index contributed by atoms with van der Waals surface area (Å²) >= 11 is 3.13. The summed E-state index contributed by atoms with van der Waals surface area (Å²) in [5, 5.41) is 7.07. The molecule has 0 aliphatic carbocycles. The molecular weight excluding hydrogens is 301 g/mol. The Kier molecular flexibility index (Phi) is 4.08. The van der Waals surface area contributed by atoms with Crippen LogP contribution in [0.25, 0.3) is 11.4 Å². The molecule has 18 heavy (non-hydrogen) atoms. The van der Waals surface area contributed by atoms with Crippen LogP contribution in [0.3, 0.4) is 0 Å². The molecule has 4 nitrogen and oxygen atoms in total. The molecule has 1 heterocycles. The molecule has 2 aromatic rings. The topological polar surface area (TPSA) is 51.0 Å². The van der Waals surface area contributed by atoms with E-state index in [2.05, 4.69) is 31.4 Å². The zero-order valence-corrected chi connectivity index (χ0v) is 11.7. The largest absolute Gasteiger partial charge is 0.337 e. The monoisotopic (exact) mass is 313 g/mol. The van der Waals surface area contributed by atoms with E-state index in [1.807, 2.05) is 13.8 Å². The Morgan fingerprint density at radius 2 is 2.28 bits per heavy atom. The second-order valence-corrected chi connectivity index (χ2v) is 4.72. The van der Waals surface area contributed by atoms with E-state index in [0.717, 1.165) is 6.54 Å². The standard InChI is InChI=1S/C12H13BrFN3O/c1-3-15-7(2)12-16-11(17-18-12)8-4-5-10(14)9(13)6-8/h4-7,15H,3H2,1-2H3. The molecule has 0 bridgehead atoms. The predicted molar refractivity (Wildman–Crippen MR) is 69.5 cm³/mol. The molecule has 0 aliphatic heterocycles. The minimum atomic E-state index is -0.316. The summed E-state index contributed by atoms with van der Waals surface area (Å²) in [5.41, 5.74) is 0.710. The normalized spacial score (nSPS) is 12.7. The van der Waals surface area contributed by atoms with E-state index in [1.54, 1.807) is 12.1 Å². The van der Waals surface area contributed by atoms with Gasteiger partial charge in [-0.1, -0.05) is 12.1 Å². The van der Waals surface area contributed by atoms with Gasteiger partial charge in [-0.3, -0.25) is 0 Å². The molecular formula is C12H13BrFN3O. The molecule has 0 radical (unpaired) electrons. The highest BCUT2D eigenvalue weighted by Crippen LogP contribution is 2.24. The molecule has 1 atom stereocenters. The first-order chi connectivity index (χ1) is 8.61. The van der Waals surface area contributed by atoms with Crippen LogP contribution in [-0.4, -0.2) is 16.7 Å². The fourth-order valence-corrected chi connectivity index (χ4v) is 1.94. The van der Waals surface area contributed by atoms with Gasteiger partial charge < -0.3 is 9.84 Å². The number of aromatic nitrogens is 2. The van der Waals surface area contributed by atoms with Crippen molar-refractivity contribution in [1.29, 1.82) is 0 Å². The number of benzene rings is 1. The number of nitrogens with zero attached hydrogens (tertiary/aromatic N) is 2. The van der Waals surface area contributed by atoms with Crippen LogP contribution in [-0.2, 0) is 0 Å². The van der Waals surface area contributed by atoms with E-state index in [0.29, 0.717) is 21.8 Å². The summed E-state index contributed by atoms with van der Waals surface area (Å²) in [6.45, 7) is 4.77. The molecule has 1 unspecified atom stereocenters. The smallest absolute Gasteiger partial charge is 0.243 e. The van der Waals surface area contributed by atoms with Crippen molar-refractivity contribution >= 4 is 15.9 Å². The molecule has 6 heteroatoms. The van der Waals surface area contributed by atoms with Crippen LogP contribution in [0.1, 0.15) is 25.8 Å². The molecule has 0 aliphatic rings. The van der Waals surface area contributed by atoms with Crippen LogP contribution in [0.4, 0.5) is 4.39 Å². The van der Waals surface area contributed by atoms with Gasteiger partial charge in [-0.2, -0.15) is 4.98 Å². The first-order valence-electron chi connectivity index (χ1n) is 5.64. The average molecular weight is 314 g/mol. The second-order valence-electron chi connectivity index (χ2n) is 3.86. The van der Waals surface area contributed by atoms with Crippen LogP contribution < -0.4 is 5.32 Å². The lowest BCUT2D eigenvalue weighted by molar-refractivity contribution is 0.342. The van der Waals surface area contributed by atoms with Crippen molar-refractivity contribution < 1.29 is 8.91 Å². The minimum absolute atomic E-state index is 0.000129. The molecule has 2 rings (SSSR count). The summed E-state index contributed by atoms with van der Waals surface area (Å²) in [6.07, 6.45) is 0. The van der Waals surface area contributed by atoms with Crippen molar-refractivity contribution in [2.75, 3.05) is 6.54 Å². The molecule has 0 saturated heterocycles. The SMILES string of the molecule is CCNC(C)c1nc(-c2ccc(F)c(Br)c2)no1. The van der Waals surface area contributed by atoms with Gasteiger partial charge in [0.2, 0.25) is 11.7 Å². The maximum Gasteiger partial charge on any atom is 0.243 e. The van der Waals surface area contributed by atoms with Crippen molar-refractivity contribution in [2.24, 2.45) is 0 Å². The Hall–Kier alpha value is -1.27. The highest BCUT2D eigenvalue weighted by molar-refractivity contribution is 9.10. The third kappa shape index (κ3) is 2.76. The molecule has 0 saturated carbocycles. The number of rotatable bonds is 4. The predicted octanol–water partition coefficient (Wildman–Crippen LogP) is 3.31. The van der Waals surface area contributed by atoms with E-state index in [-0.39, 0.29) is 11.9 Å². The van der Waals surface area contributed by atoms with Gasteiger partial charge in [-0.25, -0.2) is 4.39 Å². The first-order valence-corrected chi connectivity index (χ1v) is 6.43. The van der Waals surface area contributed by atoms with Gasteiger partial charge in [-0.15, -0.1) is 0 Å². The Balaban J connectivity index is 2.26. The summed E-state index contributed by atoms with van der Waals surface area (Å²) < 4.78 is 18.7. The average Bonchev–Trinajstić information content (AvgIpc) is 2.82. The Morgan fingerprint density at radius 3 is 2.94 bits per heavy atom. The Labute approximate surface area is 113 Å². The molecule has 96 valence electrons. The second kappa shape index (κ2) is 5.58. The number of hydrogen-bond acceptors (Lipinski definition) is 4. The summed E-state index contributed by atoms with van der Waals surface area (Å²) in [7, 11) is 0. The summed E-state index contributed by atoms with van der Waals surface area (Å²) in [5.74, 6) is 0.659. The van der Waals surface area contributed by atoms with Crippen molar-refractivity contribution in [3.05, 3.63) is 34.4 Å². The van der Waals surface area contributed by atoms with Gasteiger partial charge in [0.25, 0.3) is 0 Å². The molecule has 1 aromatic carbocycles. The van der Waals surface area contributed by atoms with E-state index in [4.69, 9.17) is 4.52 Å². The third-order valence-corrected chi connectivity index (χ3v) is 3.11. The van der Waals surface area contributed by atoms with Gasteiger partial charge in [-0.05, 0) is 47.6 Å². The maximum absolute atomic E-state index is 13.1. The fraction of sp³-hybridized carbons (Fsp3) is 0.333. The third-order valence-electron chi connectivity index (χ3n) is 2.50. The number of hydrogen-bond donors (Lipinski definition) is 1. The highest BCUT2D eigenvalue weighted by Gasteiger charge is 2.14. The van der Waals surface area contributed by atoms with Crippen LogP contribution in [0, 0.1) is 5.82 Å². The van der Waals surface area contributed by atoms with Gasteiger partial charge in [0.1, 0.15) is 5.82 Å². The van der Waals surface area contributed by atoms with E-state index >= 15 is 0 Å². The van der Waals surface area contributed by atoms with Gasteiger partial charge in [0.15, 0.2) is 0 Å². The van der Waals surface area contributed by atoms with Crippen molar-refractivity contribution in [2.45, 2.75) is 19.9 Å². The molecule has 0 fully saturated rings. The lowest BCUT2D eigenvalue weighted by Gasteiger charge is -2.05. The number of halogens is 2. The molecule has 0 spiro atoms. The summed E-state index contributed by atoms with van der Waals surface area (Å²) in [4.78, 5) is 4.29. The fourth-order valence-electron chi connectivity index (χ4n) is 1.56. The van der Waals surface area contributed by atoms with Gasteiger partial charge in [0.05, 0.1) is 10.5 Å². The van der Waals surface area contributed by atoms with Gasteiger partial charge in [0, 0.05) is 5.56 Å². The quantitative estimate of drug-likeness (QED) is 0.941. The van der Waals surface area contributed by atoms with Crippen LogP contribution in [0.15, 0.2) is 27.2 Å². The van der Waals surface area contributed by atoms with Crippen molar-refractivity contribution in [1.82, 2.24) is 15.5 Å². The summed E-state index contributed by atoms with van der Waals surface area (Å²) in [6, 6.07) is 4.61. The van der Waals surface area contributed by atoms with Crippen molar-refractivity contribution in [3.8, 4) is 11.4 Å². The minimum Gasteiger partial charge on any atom is -0.337 e. The van der Waals surface area contributed by atoms with E-state index in [1.165, 1.54) is 6.07 Å². The Morgan fingerprint density at radius 1 is 1.50 bits per heavy atom. The van der Waals surface area contributed by atoms with Gasteiger partial charge >= 0.3 is 0 Å². The van der Waals surface area contributed by atoms with Crippen molar-refractivity contribution in [3.63, 3.8) is 0 Å². The molecule has 1 N–H and O–H groups in total. The van der Waals surface area contributed by atoms with Crippen LogP contribution in [0.2, 0.25) is 0 Å². The maximum atomic E-state index is 13.1. The van der Waals surface area contributed by atoms with E-state index in [9.17, 15) is 4.39 Å². The van der Waals surface area contributed by atoms with Crippen LogP contribution in [0.5, 0.6) is 0 Å². The molecule has 0 amide bonds. The Bertz CT molecular complexity index is 544. The zero-order chi connectivity index (χ0) is 13.1.